The summed E-state index contributed by atoms with van der Waals surface area (Å²) in [5.41, 5.74) is 5.60. The third-order valence-corrected chi connectivity index (χ3v) is 5.81. The molecule has 0 aliphatic carbocycles. The van der Waals surface area contributed by atoms with Crippen LogP contribution in [0.15, 0.2) is 106 Å². The van der Waals surface area contributed by atoms with Crippen molar-refractivity contribution in [1.82, 2.24) is 0 Å². The molecule has 0 spiro atoms. The molecule has 2 heterocycles. The first-order chi connectivity index (χ1) is 17.4. The molecule has 5 nitrogen and oxygen atoms in total. The SMILES string of the molecule is CC(C)(C)C=C=CCOCc1cc2c(c3oc(=O)ccc13)OC(c1ccccc1)(c1ccccc1)O2. The Hall–Kier alpha value is -4.05. The van der Waals surface area contributed by atoms with E-state index in [4.69, 9.17) is 18.6 Å². The molecule has 0 saturated carbocycles. The Balaban J connectivity index is 1.54. The molecule has 1 aromatic heterocycles. The molecule has 5 heteroatoms. The summed E-state index contributed by atoms with van der Waals surface area (Å²) in [6.07, 6.45) is 3.87. The molecular weight excluding hydrogens is 452 g/mol. The first-order valence-electron chi connectivity index (χ1n) is 11.9. The van der Waals surface area contributed by atoms with Gasteiger partial charge in [0.25, 0.3) is 0 Å². The summed E-state index contributed by atoms with van der Waals surface area (Å²) in [6.45, 7) is 7.06. The fourth-order valence-corrected chi connectivity index (χ4v) is 4.17. The van der Waals surface area contributed by atoms with Crippen LogP contribution in [0.1, 0.15) is 37.5 Å². The van der Waals surface area contributed by atoms with Crippen molar-refractivity contribution in [2.75, 3.05) is 6.61 Å². The van der Waals surface area contributed by atoms with Crippen molar-refractivity contribution in [3.8, 4) is 11.5 Å². The summed E-state index contributed by atoms with van der Waals surface area (Å²) in [6, 6.07) is 24.5. The van der Waals surface area contributed by atoms with Gasteiger partial charge >= 0.3 is 11.4 Å². The third kappa shape index (κ3) is 4.72. The Bertz CT molecular complexity index is 1450. The lowest BCUT2D eigenvalue weighted by molar-refractivity contribution is -0.0457. The Morgan fingerprint density at radius 2 is 1.58 bits per heavy atom. The molecule has 0 bridgehead atoms. The molecule has 1 aliphatic heterocycles. The van der Waals surface area contributed by atoms with Crippen LogP contribution in [0.4, 0.5) is 0 Å². The van der Waals surface area contributed by atoms with E-state index < -0.39 is 11.4 Å². The van der Waals surface area contributed by atoms with Gasteiger partial charge in [0.1, 0.15) is 0 Å². The van der Waals surface area contributed by atoms with Crippen molar-refractivity contribution in [3.05, 3.63) is 124 Å². The maximum absolute atomic E-state index is 12.2. The number of benzene rings is 3. The maximum Gasteiger partial charge on any atom is 0.336 e. The number of rotatable bonds is 6. The summed E-state index contributed by atoms with van der Waals surface area (Å²) in [5, 5.41) is 0.739. The average Bonchev–Trinajstić information content (AvgIpc) is 3.27. The Kier molecular flexibility index (Phi) is 6.27. The van der Waals surface area contributed by atoms with Gasteiger partial charge in [0.2, 0.25) is 5.75 Å². The lowest BCUT2D eigenvalue weighted by Crippen LogP contribution is -2.36. The highest BCUT2D eigenvalue weighted by molar-refractivity contribution is 5.89. The van der Waals surface area contributed by atoms with Crippen LogP contribution >= 0.6 is 0 Å². The van der Waals surface area contributed by atoms with E-state index in [2.05, 4.69) is 26.5 Å². The monoisotopic (exact) mass is 480 g/mol. The summed E-state index contributed by atoms with van der Waals surface area (Å²) < 4.78 is 24.7. The lowest BCUT2D eigenvalue weighted by Gasteiger charge is -2.28. The summed E-state index contributed by atoms with van der Waals surface area (Å²) in [7, 11) is 0. The number of fused-ring (bicyclic) bond motifs is 3. The summed E-state index contributed by atoms with van der Waals surface area (Å²) in [4.78, 5) is 12.2. The highest BCUT2D eigenvalue weighted by Gasteiger charge is 2.47. The molecule has 182 valence electrons. The molecule has 0 unspecified atom stereocenters. The molecule has 3 aromatic carbocycles. The molecule has 0 radical (unpaired) electrons. The van der Waals surface area contributed by atoms with Gasteiger partial charge in [0, 0.05) is 22.6 Å². The van der Waals surface area contributed by atoms with Crippen LogP contribution in [0.2, 0.25) is 0 Å². The summed E-state index contributed by atoms with van der Waals surface area (Å²) in [5.74, 6) is -0.329. The van der Waals surface area contributed by atoms with Crippen LogP contribution in [0.5, 0.6) is 11.5 Å². The van der Waals surface area contributed by atoms with Gasteiger partial charge in [-0.2, -0.15) is 0 Å². The molecule has 0 atom stereocenters. The zero-order valence-corrected chi connectivity index (χ0v) is 20.6. The summed E-state index contributed by atoms with van der Waals surface area (Å²) >= 11 is 0. The van der Waals surface area contributed by atoms with Crippen LogP contribution in [-0.4, -0.2) is 6.61 Å². The molecule has 0 fully saturated rings. The predicted molar refractivity (Wildman–Crippen MR) is 139 cm³/mol. The molecule has 0 saturated heterocycles. The minimum Gasteiger partial charge on any atom is -0.440 e. The van der Waals surface area contributed by atoms with E-state index in [1.807, 2.05) is 78.9 Å². The Morgan fingerprint density at radius 1 is 0.917 bits per heavy atom. The minimum atomic E-state index is -1.22. The molecular formula is C31H28O5. The van der Waals surface area contributed by atoms with E-state index in [-0.39, 0.29) is 5.41 Å². The second-order valence-corrected chi connectivity index (χ2v) is 9.81. The van der Waals surface area contributed by atoms with Gasteiger partial charge < -0.3 is 18.6 Å². The second-order valence-electron chi connectivity index (χ2n) is 9.81. The minimum absolute atomic E-state index is 0.0611. The van der Waals surface area contributed by atoms with Crippen molar-refractivity contribution in [3.63, 3.8) is 0 Å². The van der Waals surface area contributed by atoms with Crippen molar-refractivity contribution >= 4 is 11.0 Å². The number of hydrogen-bond acceptors (Lipinski definition) is 5. The van der Waals surface area contributed by atoms with Crippen molar-refractivity contribution in [2.45, 2.75) is 33.2 Å². The van der Waals surface area contributed by atoms with Crippen molar-refractivity contribution in [1.29, 1.82) is 0 Å². The zero-order chi connectivity index (χ0) is 25.2. The largest absolute Gasteiger partial charge is 0.440 e. The van der Waals surface area contributed by atoms with E-state index in [9.17, 15) is 4.79 Å². The topological polar surface area (TPSA) is 57.9 Å². The number of hydrogen-bond donors (Lipinski definition) is 0. The zero-order valence-electron chi connectivity index (χ0n) is 20.6. The fraction of sp³-hybridized carbons (Fsp3) is 0.226. The van der Waals surface area contributed by atoms with E-state index in [0.717, 1.165) is 22.1 Å². The first-order valence-corrected chi connectivity index (χ1v) is 11.9. The first kappa shape index (κ1) is 23.7. The standard InChI is InChI=1S/C31H28O5/c1-30(2,3)18-10-11-19-33-21-22-20-26-29(28-25(22)16-17-27(32)34-28)36-31(35-26,23-12-6-4-7-13-23)24-14-8-5-9-15-24/h4-9,11-18,20H,19,21H2,1-3H3. The average molecular weight is 481 g/mol. The van der Waals surface area contributed by atoms with Crippen LogP contribution in [0.3, 0.4) is 0 Å². The quantitative estimate of drug-likeness (QED) is 0.174. The fourth-order valence-electron chi connectivity index (χ4n) is 4.17. The smallest absolute Gasteiger partial charge is 0.336 e. The third-order valence-electron chi connectivity index (χ3n) is 5.81. The van der Waals surface area contributed by atoms with E-state index >= 15 is 0 Å². The molecule has 0 amide bonds. The van der Waals surface area contributed by atoms with Gasteiger partial charge in [-0.25, -0.2) is 4.79 Å². The van der Waals surface area contributed by atoms with Gasteiger partial charge in [0.15, 0.2) is 11.3 Å². The van der Waals surface area contributed by atoms with Gasteiger partial charge in [-0.3, -0.25) is 0 Å². The van der Waals surface area contributed by atoms with Gasteiger partial charge in [-0.05, 0) is 35.3 Å². The highest BCUT2D eigenvalue weighted by atomic mass is 16.7. The van der Waals surface area contributed by atoms with Gasteiger partial charge in [0.05, 0.1) is 13.2 Å². The van der Waals surface area contributed by atoms with Crippen LogP contribution in [-0.2, 0) is 17.1 Å². The van der Waals surface area contributed by atoms with E-state index in [1.54, 1.807) is 6.07 Å². The Labute approximate surface area is 210 Å². The van der Waals surface area contributed by atoms with Gasteiger partial charge in [-0.15, -0.1) is 5.73 Å². The Morgan fingerprint density at radius 3 is 2.22 bits per heavy atom. The van der Waals surface area contributed by atoms with Gasteiger partial charge in [-0.1, -0.05) is 81.4 Å². The van der Waals surface area contributed by atoms with Crippen LogP contribution in [0.25, 0.3) is 11.0 Å². The molecule has 5 rings (SSSR count). The van der Waals surface area contributed by atoms with E-state index in [0.29, 0.717) is 30.3 Å². The molecule has 4 aromatic rings. The second kappa shape index (κ2) is 9.54. The van der Waals surface area contributed by atoms with Crippen LogP contribution < -0.4 is 15.1 Å². The van der Waals surface area contributed by atoms with Crippen molar-refractivity contribution in [2.24, 2.45) is 5.41 Å². The molecule has 36 heavy (non-hydrogen) atoms. The molecule has 0 N–H and O–H groups in total. The normalized spacial score (nSPS) is 13.9. The predicted octanol–water partition coefficient (Wildman–Crippen LogP) is 6.74. The number of ether oxygens (including phenoxy) is 3. The lowest BCUT2D eigenvalue weighted by atomic mass is 9.97. The van der Waals surface area contributed by atoms with Crippen LogP contribution in [0, 0.1) is 5.41 Å². The maximum atomic E-state index is 12.2. The van der Waals surface area contributed by atoms with E-state index in [1.165, 1.54) is 6.07 Å². The molecule has 1 aliphatic rings. The highest BCUT2D eigenvalue weighted by Crippen LogP contribution is 2.51. The van der Waals surface area contributed by atoms with Crippen molar-refractivity contribution < 1.29 is 18.6 Å².